The summed E-state index contributed by atoms with van der Waals surface area (Å²) in [6.07, 6.45) is 5.58. The highest BCUT2D eigenvalue weighted by atomic mass is 16.6. The summed E-state index contributed by atoms with van der Waals surface area (Å²) in [7, 11) is 0. The molecule has 4 rings (SSSR count). The van der Waals surface area contributed by atoms with E-state index in [0.29, 0.717) is 35.2 Å². The van der Waals surface area contributed by atoms with E-state index in [-0.39, 0.29) is 12.5 Å². The maximum absolute atomic E-state index is 12.8. The van der Waals surface area contributed by atoms with E-state index in [2.05, 4.69) is 45.0 Å². The van der Waals surface area contributed by atoms with Crippen LogP contribution in [0.3, 0.4) is 0 Å². The van der Waals surface area contributed by atoms with E-state index in [9.17, 15) is 4.79 Å². The van der Waals surface area contributed by atoms with Crippen molar-refractivity contribution in [3.8, 4) is 17.2 Å². The highest BCUT2D eigenvalue weighted by molar-refractivity contribution is 6.05. The van der Waals surface area contributed by atoms with Gasteiger partial charge in [0.1, 0.15) is 12.4 Å². The van der Waals surface area contributed by atoms with Gasteiger partial charge >= 0.3 is 0 Å². The number of nitrogens with zero attached hydrogens (tertiary/aromatic N) is 3. The van der Waals surface area contributed by atoms with Gasteiger partial charge in [0.2, 0.25) is 0 Å². The van der Waals surface area contributed by atoms with Gasteiger partial charge in [-0.3, -0.25) is 4.79 Å². The fourth-order valence-corrected chi connectivity index (χ4v) is 3.06. The molecule has 160 valence electrons. The number of aromatic amines is 1. The summed E-state index contributed by atoms with van der Waals surface area (Å²) in [6, 6.07) is 12.3. The highest BCUT2D eigenvalue weighted by Gasteiger charge is 2.28. The first-order chi connectivity index (χ1) is 15.2. The fraction of sp³-hybridized carbons (Fsp3) is 0.273. The molecule has 0 fully saturated rings. The zero-order valence-corrected chi connectivity index (χ0v) is 17.1. The number of rotatable bonds is 8. The Hall–Kier alpha value is -3.88. The number of ether oxygens (including phenoxy) is 3. The minimum Gasteiger partial charge on any atom is -0.493 e. The second-order valence-electron chi connectivity index (χ2n) is 6.83. The van der Waals surface area contributed by atoms with E-state index in [4.69, 9.17) is 14.2 Å². The number of carbonyl (C=O) groups excluding carboxylic acids is 1. The summed E-state index contributed by atoms with van der Waals surface area (Å²) < 4.78 is 17.4. The zero-order chi connectivity index (χ0) is 21.5. The average molecular weight is 421 g/mol. The van der Waals surface area contributed by atoms with Gasteiger partial charge in [-0.15, -0.1) is 5.10 Å². The molecule has 0 saturated carbocycles. The monoisotopic (exact) mass is 421 g/mol. The van der Waals surface area contributed by atoms with Crippen LogP contribution in [0.4, 0.5) is 5.69 Å². The maximum Gasteiger partial charge on any atom is 0.255 e. The number of aromatic nitrogens is 4. The van der Waals surface area contributed by atoms with Gasteiger partial charge in [0.15, 0.2) is 23.4 Å². The van der Waals surface area contributed by atoms with Gasteiger partial charge in [-0.2, -0.15) is 0 Å². The molecule has 1 aliphatic heterocycles. The molecule has 0 aliphatic carbocycles. The number of nitrogens with one attached hydrogen (secondary N) is 2. The maximum atomic E-state index is 12.8. The van der Waals surface area contributed by atoms with E-state index in [1.54, 1.807) is 42.5 Å². The Morgan fingerprint density at radius 3 is 2.90 bits per heavy atom. The summed E-state index contributed by atoms with van der Waals surface area (Å²) in [5.74, 6) is 1.88. The van der Waals surface area contributed by atoms with Crippen LogP contribution in [0.15, 0.2) is 54.6 Å². The Morgan fingerprint density at radius 2 is 2.13 bits per heavy atom. The standard InChI is InChI=1S/C22H23N5O4/c1-2-3-4-5-13-29-16-11-9-15(10-12-16)22(28)23-17-7-6-8-18-20(17)31-19(14-30-18)21-24-26-27-25-21/h3-4,6-12,19H,2,5,13-14H2,1H3,(H,23,28)(H,24,25,26,27)/b4-3+. The van der Waals surface area contributed by atoms with Crippen molar-refractivity contribution in [2.24, 2.45) is 0 Å². The normalized spacial score (nSPS) is 15.1. The summed E-state index contributed by atoms with van der Waals surface area (Å²) in [6.45, 7) is 2.95. The molecule has 1 amide bonds. The number of fused-ring (bicyclic) bond motifs is 1. The van der Waals surface area contributed by atoms with Gasteiger partial charge in [0.25, 0.3) is 5.91 Å². The topological polar surface area (TPSA) is 111 Å². The zero-order valence-electron chi connectivity index (χ0n) is 17.1. The van der Waals surface area contributed by atoms with Crippen LogP contribution in [0.2, 0.25) is 0 Å². The summed E-state index contributed by atoms with van der Waals surface area (Å²) in [5, 5.41) is 16.6. The van der Waals surface area contributed by atoms with E-state index in [1.165, 1.54) is 0 Å². The number of amides is 1. The Bertz CT molecular complexity index is 1030. The molecule has 2 heterocycles. The number of para-hydroxylation sites is 1. The molecule has 2 N–H and O–H groups in total. The predicted octanol–water partition coefficient (Wildman–Crippen LogP) is 3.70. The SMILES string of the molecule is CC/C=C/CCOc1ccc(C(=O)Nc2cccc3c2OC(c2nnn[nH]2)CO3)cc1. The molecule has 9 heteroatoms. The molecule has 1 aliphatic rings. The lowest BCUT2D eigenvalue weighted by atomic mass is 10.2. The molecule has 31 heavy (non-hydrogen) atoms. The molecule has 0 bridgehead atoms. The lowest BCUT2D eigenvalue weighted by Gasteiger charge is -2.26. The third-order valence-corrected chi connectivity index (χ3v) is 4.62. The average Bonchev–Trinajstić information content (AvgIpc) is 3.34. The van der Waals surface area contributed by atoms with Gasteiger partial charge in [-0.25, -0.2) is 5.10 Å². The molecule has 3 aromatic rings. The van der Waals surface area contributed by atoms with Crippen molar-refractivity contribution in [2.75, 3.05) is 18.5 Å². The largest absolute Gasteiger partial charge is 0.493 e. The van der Waals surface area contributed by atoms with E-state index in [0.717, 1.165) is 18.6 Å². The van der Waals surface area contributed by atoms with Gasteiger partial charge in [-0.05, 0) is 59.7 Å². The van der Waals surface area contributed by atoms with Gasteiger partial charge < -0.3 is 19.5 Å². The lowest BCUT2D eigenvalue weighted by molar-refractivity contribution is 0.0856. The van der Waals surface area contributed by atoms with Crippen molar-refractivity contribution < 1.29 is 19.0 Å². The van der Waals surface area contributed by atoms with Gasteiger partial charge in [0, 0.05) is 5.56 Å². The molecule has 9 nitrogen and oxygen atoms in total. The van der Waals surface area contributed by atoms with Crippen molar-refractivity contribution in [3.63, 3.8) is 0 Å². The molecule has 1 unspecified atom stereocenters. The van der Waals surface area contributed by atoms with E-state index in [1.807, 2.05) is 0 Å². The van der Waals surface area contributed by atoms with Crippen LogP contribution >= 0.6 is 0 Å². The van der Waals surface area contributed by atoms with Crippen LogP contribution in [0, 0.1) is 0 Å². The van der Waals surface area contributed by atoms with Crippen molar-refractivity contribution in [2.45, 2.75) is 25.9 Å². The molecule has 2 aromatic carbocycles. The molecular formula is C22H23N5O4. The Balaban J connectivity index is 1.41. The smallest absolute Gasteiger partial charge is 0.255 e. The number of hydrogen-bond donors (Lipinski definition) is 2. The lowest BCUT2D eigenvalue weighted by Crippen LogP contribution is -2.24. The van der Waals surface area contributed by atoms with Crippen LogP contribution < -0.4 is 19.5 Å². The van der Waals surface area contributed by atoms with Crippen LogP contribution in [0.1, 0.15) is 42.1 Å². The molecule has 1 aromatic heterocycles. The molecule has 0 spiro atoms. The Kier molecular flexibility index (Phi) is 6.41. The Morgan fingerprint density at radius 1 is 1.26 bits per heavy atom. The first kappa shape index (κ1) is 20.4. The third kappa shape index (κ3) is 5.00. The summed E-state index contributed by atoms with van der Waals surface area (Å²) in [5.41, 5.74) is 1.01. The first-order valence-corrected chi connectivity index (χ1v) is 10.1. The number of H-pyrrole nitrogens is 1. The number of hydrogen-bond acceptors (Lipinski definition) is 7. The van der Waals surface area contributed by atoms with Crippen LogP contribution in [0.5, 0.6) is 17.2 Å². The van der Waals surface area contributed by atoms with Crippen molar-refractivity contribution in [1.82, 2.24) is 20.6 Å². The predicted molar refractivity (Wildman–Crippen MR) is 113 cm³/mol. The van der Waals surface area contributed by atoms with E-state index < -0.39 is 6.10 Å². The van der Waals surface area contributed by atoms with Crippen molar-refractivity contribution in [1.29, 1.82) is 0 Å². The summed E-state index contributed by atoms with van der Waals surface area (Å²) >= 11 is 0. The van der Waals surface area contributed by atoms with Crippen LogP contribution in [-0.4, -0.2) is 39.7 Å². The molecule has 0 radical (unpaired) electrons. The third-order valence-electron chi connectivity index (χ3n) is 4.62. The van der Waals surface area contributed by atoms with Crippen LogP contribution in [-0.2, 0) is 0 Å². The number of tetrazole rings is 1. The van der Waals surface area contributed by atoms with Gasteiger partial charge in [-0.1, -0.05) is 25.1 Å². The number of benzene rings is 2. The summed E-state index contributed by atoms with van der Waals surface area (Å²) in [4.78, 5) is 12.8. The Labute approximate surface area is 179 Å². The molecule has 0 saturated heterocycles. The first-order valence-electron chi connectivity index (χ1n) is 10.1. The quantitative estimate of drug-likeness (QED) is 0.421. The second kappa shape index (κ2) is 9.75. The van der Waals surface area contributed by atoms with Crippen molar-refractivity contribution >= 4 is 11.6 Å². The fourth-order valence-electron chi connectivity index (χ4n) is 3.06. The number of carbonyl (C=O) groups is 1. The second-order valence-corrected chi connectivity index (χ2v) is 6.83. The van der Waals surface area contributed by atoms with Gasteiger partial charge in [0.05, 0.1) is 12.3 Å². The number of allylic oxidation sites excluding steroid dienone is 1. The highest BCUT2D eigenvalue weighted by Crippen LogP contribution is 2.41. The van der Waals surface area contributed by atoms with E-state index >= 15 is 0 Å². The van der Waals surface area contributed by atoms with Crippen LogP contribution in [0.25, 0.3) is 0 Å². The minimum atomic E-state index is -0.496. The number of anilines is 1. The molecule has 1 atom stereocenters. The molecular weight excluding hydrogens is 398 g/mol. The van der Waals surface area contributed by atoms with Crippen molar-refractivity contribution in [3.05, 3.63) is 66.0 Å². The minimum absolute atomic E-state index is 0.261.